The molecular formula is C25H31N9O2. The average Bonchev–Trinajstić information content (AvgIpc) is 3.60. The minimum absolute atomic E-state index is 0.274. The highest BCUT2D eigenvalue weighted by atomic mass is 16.5. The zero-order valence-corrected chi connectivity index (χ0v) is 20.5. The summed E-state index contributed by atoms with van der Waals surface area (Å²) in [6, 6.07) is 11.9. The average molecular weight is 490 g/mol. The van der Waals surface area contributed by atoms with Crippen LogP contribution >= 0.6 is 0 Å². The standard InChI is InChI=1S/C25H31N9O2/c1-35-20-7-2-6-19(15-20)32-12-10-31(11-13-32)16-18-5-3-9-33(17-18)24-28-23(26)34-25(29-24)27-22(30-34)21-8-4-14-36-21/h2,4,6-8,14-15,18H,3,5,9-13,16-17H2,1H3,(H2,26,27,28,29,30). The van der Waals surface area contributed by atoms with Gasteiger partial charge in [-0.05, 0) is 43.0 Å². The largest absolute Gasteiger partial charge is 0.497 e. The number of furan rings is 1. The summed E-state index contributed by atoms with van der Waals surface area (Å²) < 4.78 is 12.3. The highest BCUT2D eigenvalue weighted by Gasteiger charge is 2.27. The third-order valence-corrected chi connectivity index (χ3v) is 7.07. The van der Waals surface area contributed by atoms with Crippen molar-refractivity contribution < 1.29 is 9.15 Å². The fourth-order valence-corrected chi connectivity index (χ4v) is 5.20. The Morgan fingerprint density at radius 1 is 1.03 bits per heavy atom. The number of ether oxygens (including phenoxy) is 1. The number of benzene rings is 1. The molecule has 36 heavy (non-hydrogen) atoms. The van der Waals surface area contributed by atoms with Crippen LogP contribution in [0.4, 0.5) is 17.6 Å². The van der Waals surface area contributed by atoms with Gasteiger partial charge in [0.05, 0.1) is 13.4 Å². The molecule has 2 N–H and O–H groups in total. The molecule has 188 valence electrons. The molecule has 1 atom stereocenters. The predicted molar refractivity (Wildman–Crippen MR) is 137 cm³/mol. The van der Waals surface area contributed by atoms with Gasteiger partial charge in [0.1, 0.15) is 5.75 Å². The Morgan fingerprint density at radius 3 is 2.72 bits per heavy atom. The third-order valence-electron chi connectivity index (χ3n) is 7.07. The number of anilines is 3. The van der Waals surface area contributed by atoms with Gasteiger partial charge in [-0.3, -0.25) is 4.90 Å². The van der Waals surface area contributed by atoms with Crippen LogP contribution in [0, 0.1) is 5.92 Å². The molecule has 2 fully saturated rings. The van der Waals surface area contributed by atoms with Crippen molar-refractivity contribution in [1.82, 2.24) is 29.5 Å². The molecular weight excluding hydrogens is 458 g/mol. The van der Waals surface area contributed by atoms with Crippen LogP contribution in [0.5, 0.6) is 5.75 Å². The van der Waals surface area contributed by atoms with Gasteiger partial charge >= 0.3 is 0 Å². The van der Waals surface area contributed by atoms with E-state index < -0.39 is 0 Å². The number of methoxy groups -OCH3 is 1. The number of piperazine rings is 1. The SMILES string of the molecule is COc1cccc(N2CCN(CC3CCCN(c4nc(N)n5nc(-c6ccco6)nc5n4)C3)CC2)c1. The normalized spacial score (nSPS) is 19.2. The van der Waals surface area contributed by atoms with Crippen LogP contribution in [-0.2, 0) is 0 Å². The molecule has 2 aliphatic rings. The first-order valence-corrected chi connectivity index (χ1v) is 12.5. The smallest absolute Gasteiger partial charge is 0.259 e. The molecule has 1 unspecified atom stereocenters. The number of nitrogen functional groups attached to an aromatic ring is 1. The molecule has 2 aliphatic heterocycles. The van der Waals surface area contributed by atoms with Gasteiger partial charge in [0, 0.05) is 57.6 Å². The Balaban J connectivity index is 1.09. The first-order chi connectivity index (χ1) is 17.7. The van der Waals surface area contributed by atoms with E-state index in [9.17, 15) is 0 Å². The molecule has 0 bridgehead atoms. The van der Waals surface area contributed by atoms with Crippen LogP contribution in [0.2, 0.25) is 0 Å². The predicted octanol–water partition coefficient (Wildman–Crippen LogP) is 2.41. The fourth-order valence-electron chi connectivity index (χ4n) is 5.20. The first kappa shape index (κ1) is 22.6. The highest BCUT2D eigenvalue weighted by molar-refractivity contribution is 5.53. The molecule has 0 spiro atoms. The second-order valence-electron chi connectivity index (χ2n) is 9.45. The lowest BCUT2D eigenvalue weighted by Crippen LogP contribution is -2.49. The summed E-state index contributed by atoms with van der Waals surface area (Å²) in [6.45, 7) is 7.04. The van der Waals surface area contributed by atoms with E-state index in [1.165, 1.54) is 16.6 Å². The molecule has 0 amide bonds. The summed E-state index contributed by atoms with van der Waals surface area (Å²) in [5.41, 5.74) is 7.45. The lowest BCUT2D eigenvalue weighted by molar-refractivity contribution is 0.205. The molecule has 11 nitrogen and oxygen atoms in total. The number of rotatable bonds is 6. The van der Waals surface area contributed by atoms with E-state index in [2.05, 4.69) is 52.9 Å². The summed E-state index contributed by atoms with van der Waals surface area (Å²) in [4.78, 5) is 21.0. The van der Waals surface area contributed by atoms with Crippen LogP contribution < -0.4 is 20.3 Å². The highest BCUT2D eigenvalue weighted by Crippen LogP contribution is 2.25. The Labute approximate surface area is 209 Å². The number of fused-ring (bicyclic) bond motifs is 1. The number of nitrogens with two attached hydrogens (primary N) is 1. The lowest BCUT2D eigenvalue weighted by Gasteiger charge is -2.40. The second-order valence-corrected chi connectivity index (χ2v) is 9.45. The van der Waals surface area contributed by atoms with Crippen LogP contribution in [0.1, 0.15) is 12.8 Å². The summed E-state index contributed by atoms with van der Waals surface area (Å²) >= 11 is 0. The number of aromatic nitrogens is 5. The molecule has 6 rings (SSSR count). The maximum atomic E-state index is 6.23. The van der Waals surface area contributed by atoms with Crippen molar-refractivity contribution in [2.24, 2.45) is 5.92 Å². The topological polar surface area (TPSA) is 114 Å². The third kappa shape index (κ3) is 4.53. The van der Waals surface area contributed by atoms with Gasteiger partial charge in [-0.1, -0.05) is 6.07 Å². The Morgan fingerprint density at radius 2 is 1.92 bits per heavy atom. The molecule has 5 heterocycles. The van der Waals surface area contributed by atoms with Crippen molar-refractivity contribution >= 4 is 23.4 Å². The van der Waals surface area contributed by atoms with Crippen molar-refractivity contribution in [2.75, 3.05) is 68.5 Å². The fraction of sp³-hybridized carbons (Fsp3) is 0.440. The molecule has 1 aromatic carbocycles. The van der Waals surface area contributed by atoms with Gasteiger partial charge in [-0.2, -0.15) is 19.5 Å². The van der Waals surface area contributed by atoms with Gasteiger partial charge < -0.3 is 24.7 Å². The van der Waals surface area contributed by atoms with E-state index >= 15 is 0 Å². The van der Waals surface area contributed by atoms with E-state index in [1.54, 1.807) is 19.4 Å². The van der Waals surface area contributed by atoms with Gasteiger partial charge in [0.15, 0.2) is 5.76 Å². The van der Waals surface area contributed by atoms with Gasteiger partial charge in [-0.15, -0.1) is 5.10 Å². The molecule has 3 aromatic heterocycles. The number of hydrogen-bond acceptors (Lipinski definition) is 10. The lowest BCUT2D eigenvalue weighted by atomic mass is 9.97. The quantitative estimate of drug-likeness (QED) is 0.433. The van der Waals surface area contributed by atoms with Crippen LogP contribution in [0.25, 0.3) is 17.4 Å². The van der Waals surface area contributed by atoms with Crippen LogP contribution in [0.3, 0.4) is 0 Å². The Hall–Kier alpha value is -3.86. The Bertz CT molecular complexity index is 1310. The maximum Gasteiger partial charge on any atom is 0.259 e. The molecule has 2 saturated heterocycles. The Kier molecular flexibility index (Phi) is 6.06. The number of piperidine rings is 1. The van der Waals surface area contributed by atoms with Crippen molar-refractivity contribution in [2.45, 2.75) is 12.8 Å². The molecule has 0 saturated carbocycles. The van der Waals surface area contributed by atoms with Gasteiger partial charge in [0.25, 0.3) is 5.78 Å². The van der Waals surface area contributed by atoms with E-state index in [0.29, 0.717) is 29.2 Å². The minimum atomic E-state index is 0.274. The minimum Gasteiger partial charge on any atom is -0.497 e. The monoisotopic (exact) mass is 489 g/mol. The maximum absolute atomic E-state index is 6.23. The summed E-state index contributed by atoms with van der Waals surface area (Å²) in [5, 5.41) is 4.40. The van der Waals surface area contributed by atoms with E-state index in [0.717, 1.165) is 58.0 Å². The van der Waals surface area contributed by atoms with E-state index in [1.807, 2.05) is 12.1 Å². The zero-order chi connectivity index (χ0) is 24.5. The van der Waals surface area contributed by atoms with Gasteiger partial charge in [-0.25, -0.2) is 0 Å². The summed E-state index contributed by atoms with van der Waals surface area (Å²) in [7, 11) is 1.71. The second kappa shape index (κ2) is 9.65. The molecule has 11 heteroatoms. The van der Waals surface area contributed by atoms with Crippen molar-refractivity contribution in [1.29, 1.82) is 0 Å². The molecule has 0 radical (unpaired) electrons. The molecule has 4 aromatic rings. The first-order valence-electron chi connectivity index (χ1n) is 12.5. The van der Waals surface area contributed by atoms with Crippen LogP contribution in [0.15, 0.2) is 47.1 Å². The summed E-state index contributed by atoms with van der Waals surface area (Å²) in [6.07, 6.45) is 3.90. The number of nitrogens with zero attached hydrogens (tertiary/aromatic N) is 8. The van der Waals surface area contributed by atoms with Crippen molar-refractivity contribution in [3.05, 3.63) is 42.7 Å². The van der Waals surface area contributed by atoms with Crippen molar-refractivity contribution in [3.8, 4) is 17.3 Å². The van der Waals surface area contributed by atoms with Crippen molar-refractivity contribution in [3.63, 3.8) is 0 Å². The van der Waals surface area contributed by atoms with Crippen LogP contribution in [-0.4, -0.2) is 82.4 Å². The number of hydrogen-bond donors (Lipinski definition) is 1. The van der Waals surface area contributed by atoms with E-state index in [-0.39, 0.29) is 5.95 Å². The van der Waals surface area contributed by atoms with E-state index in [4.69, 9.17) is 14.9 Å². The van der Waals surface area contributed by atoms with Gasteiger partial charge in [0.2, 0.25) is 17.7 Å². The molecule has 0 aliphatic carbocycles. The summed E-state index contributed by atoms with van der Waals surface area (Å²) in [5.74, 6) is 3.80. The zero-order valence-electron chi connectivity index (χ0n) is 20.5.